The van der Waals surface area contributed by atoms with Gasteiger partial charge in [0.15, 0.2) is 0 Å². The molecule has 0 saturated carbocycles. The lowest BCUT2D eigenvalue weighted by atomic mass is 10.0. The third kappa shape index (κ3) is 3.02. The molecule has 0 radical (unpaired) electrons. The van der Waals surface area contributed by atoms with Crippen LogP contribution in [0, 0.1) is 0 Å². The number of likely N-dealkylation sites (N-methyl/N-ethyl adjacent to an activating group) is 1. The SMILES string of the molecule is CN1CCCCC1CNc1cccc(-c2ccn[nH]2)c1. The normalized spacial score (nSPS) is 19.9. The summed E-state index contributed by atoms with van der Waals surface area (Å²) in [7, 11) is 2.23. The summed E-state index contributed by atoms with van der Waals surface area (Å²) in [6.07, 6.45) is 5.77. The van der Waals surface area contributed by atoms with Gasteiger partial charge in [-0.3, -0.25) is 5.10 Å². The largest absolute Gasteiger partial charge is 0.383 e. The maximum absolute atomic E-state index is 4.01. The number of nitrogens with zero attached hydrogens (tertiary/aromatic N) is 2. The van der Waals surface area contributed by atoms with E-state index in [1.807, 2.05) is 6.07 Å². The van der Waals surface area contributed by atoms with Crippen molar-refractivity contribution in [1.82, 2.24) is 15.1 Å². The molecule has 2 N–H and O–H groups in total. The predicted molar refractivity (Wildman–Crippen MR) is 82.8 cm³/mol. The molecule has 0 amide bonds. The van der Waals surface area contributed by atoms with Crippen molar-refractivity contribution >= 4 is 5.69 Å². The zero-order valence-electron chi connectivity index (χ0n) is 12.0. The van der Waals surface area contributed by atoms with E-state index in [0.29, 0.717) is 6.04 Å². The highest BCUT2D eigenvalue weighted by Crippen LogP contribution is 2.21. The first-order valence-electron chi connectivity index (χ1n) is 7.37. The summed E-state index contributed by atoms with van der Waals surface area (Å²) < 4.78 is 0. The summed E-state index contributed by atoms with van der Waals surface area (Å²) >= 11 is 0. The molecule has 4 nitrogen and oxygen atoms in total. The van der Waals surface area contributed by atoms with Crippen molar-refractivity contribution in [2.75, 3.05) is 25.5 Å². The molecule has 106 valence electrons. The first-order chi connectivity index (χ1) is 9.83. The van der Waals surface area contributed by atoms with Crippen LogP contribution in [0.25, 0.3) is 11.3 Å². The van der Waals surface area contributed by atoms with E-state index in [9.17, 15) is 0 Å². The zero-order valence-corrected chi connectivity index (χ0v) is 12.0. The molecule has 2 aromatic rings. The van der Waals surface area contributed by atoms with Gasteiger partial charge in [-0.2, -0.15) is 5.10 Å². The number of nitrogens with one attached hydrogen (secondary N) is 2. The minimum Gasteiger partial charge on any atom is -0.383 e. The molecule has 1 saturated heterocycles. The van der Waals surface area contributed by atoms with E-state index in [0.717, 1.165) is 12.2 Å². The standard InChI is InChI=1S/C16H22N4/c1-20-10-3-2-7-15(20)12-17-14-6-4-5-13(11-14)16-8-9-18-19-16/h4-6,8-9,11,15,17H,2-3,7,10,12H2,1H3,(H,18,19). The smallest absolute Gasteiger partial charge is 0.0650 e. The summed E-state index contributed by atoms with van der Waals surface area (Å²) in [6.45, 7) is 2.24. The number of likely N-dealkylation sites (tertiary alicyclic amines) is 1. The second-order valence-electron chi connectivity index (χ2n) is 5.56. The first-order valence-corrected chi connectivity index (χ1v) is 7.37. The number of H-pyrrole nitrogens is 1. The second-order valence-corrected chi connectivity index (χ2v) is 5.56. The number of rotatable bonds is 4. The van der Waals surface area contributed by atoms with E-state index >= 15 is 0 Å². The Balaban J connectivity index is 1.64. The Morgan fingerprint density at radius 2 is 2.30 bits per heavy atom. The molecule has 1 unspecified atom stereocenters. The van der Waals surface area contributed by atoms with Gasteiger partial charge >= 0.3 is 0 Å². The van der Waals surface area contributed by atoms with Crippen molar-refractivity contribution in [2.45, 2.75) is 25.3 Å². The van der Waals surface area contributed by atoms with Crippen LogP contribution in [0.15, 0.2) is 36.5 Å². The maximum Gasteiger partial charge on any atom is 0.0650 e. The second kappa shape index (κ2) is 6.09. The number of anilines is 1. The van der Waals surface area contributed by atoms with Crippen molar-refractivity contribution < 1.29 is 0 Å². The Labute approximate surface area is 120 Å². The van der Waals surface area contributed by atoms with Crippen LogP contribution in [-0.4, -0.2) is 41.3 Å². The van der Waals surface area contributed by atoms with Crippen LogP contribution >= 0.6 is 0 Å². The van der Waals surface area contributed by atoms with Crippen molar-refractivity contribution in [3.8, 4) is 11.3 Å². The lowest BCUT2D eigenvalue weighted by Gasteiger charge is -2.32. The van der Waals surface area contributed by atoms with Gasteiger partial charge < -0.3 is 10.2 Å². The number of hydrogen-bond donors (Lipinski definition) is 2. The molecule has 1 atom stereocenters. The third-order valence-corrected chi connectivity index (χ3v) is 4.14. The highest BCUT2D eigenvalue weighted by atomic mass is 15.2. The fraction of sp³-hybridized carbons (Fsp3) is 0.438. The van der Waals surface area contributed by atoms with E-state index in [-0.39, 0.29) is 0 Å². The summed E-state index contributed by atoms with van der Waals surface area (Å²) in [6, 6.07) is 11.1. The summed E-state index contributed by atoms with van der Waals surface area (Å²) in [4.78, 5) is 2.47. The van der Waals surface area contributed by atoms with Gasteiger partial charge in [0, 0.05) is 30.0 Å². The molecular weight excluding hydrogens is 248 g/mol. The maximum atomic E-state index is 4.01. The number of hydrogen-bond acceptors (Lipinski definition) is 3. The van der Waals surface area contributed by atoms with Crippen LogP contribution in [0.4, 0.5) is 5.69 Å². The third-order valence-electron chi connectivity index (χ3n) is 4.14. The van der Waals surface area contributed by atoms with Crippen LogP contribution in [0.3, 0.4) is 0 Å². The van der Waals surface area contributed by atoms with Gasteiger partial charge in [-0.1, -0.05) is 18.6 Å². The lowest BCUT2D eigenvalue weighted by Crippen LogP contribution is -2.40. The molecule has 1 aliphatic rings. The van der Waals surface area contributed by atoms with Crippen molar-refractivity contribution in [2.24, 2.45) is 0 Å². The van der Waals surface area contributed by atoms with Crippen LogP contribution in [0.1, 0.15) is 19.3 Å². The van der Waals surface area contributed by atoms with Crippen molar-refractivity contribution in [3.05, 3.63) is 36.5 Å². The highest BCUT2D eigenvalue weighted by Gasteiger charge is 2.18. The van der Waals surface area contributed by atoms with Crippen molar-refractivity contribution in [1.29, 1.82) is 0 Å². The van der Waals surface area contributed by atoms with Crippen LogP contribution in [0.5, 0.6) is 0 Å². The number of aromatic amines is 1. The van der Waals surface area contributed by atoms with Gasteiger partial charge in [-0.25, -0.2) is 0 Å². The van der Waals surface area contributed by atoms with Gasteiger partial charge in [0.05, 0.1) is 5.69 Å². The lowest BCUT2D eigenvalue weighted by molar-refractivity contribution is 0.194. The van der Waals surface area contributed by atoms with E-state index in [2.05, 4.69) is 51.7 Å². The molecule has 1 fully saturated rings. The predicted octanol–water partition coefficient (Wildman–Crippen LogP) is 2.97. The molecular formula is C16H22N4. The average Bonchev–Trinajstić information content (AvgIpc) is 3.01. The molecule has 2 heterocycles. The van der Waals surface area contributed by atoms with Gasteiger partial charge in [-0.05, 0) is 44.6 Å². The van der Waals surface area contributed by atoms with Crippen LogP contribution in [-0.2, 0) is 0 Å². The number of aromatic nitrogens is 2. The summed E-state index contributed by atoms with van der Waals surface area (Å²) in [5, 5.41) is 10.6. The first kappa shape index (κ1) is 13.2. The number of benzene rings is 1. The Morgan fingerprint density at radius 1 is 1.35 bits per heavy atom. The Kier molecular flexibility index (Phi) is 4.02. The van der Waals surface area contributed by atoms with Gasteiger partial charge in [0.25, 0.3) is 0 Å². The van der Waals surface area contributed by atoms with Gasteiger partial charge in [0.1, 0.15) is 0 Å². The zero-order chi connectivity index (χ0) is 13.8. The Hall–Kier alpha value is -1.81. The van der Waals surface area contributed by atoms with E-state index in [4.69, 9.17) is 0 Å². The topological polar surface area (TPSA) is 44.0 Å². The molecule has 1 aromatic carbocycles. The quantitative estimate of drug-likeness (QED) is 0.897. The minimum atomic E-state index is 0.652. The monoisotopic (exact) mass is 270 g/mol. The molecule has 0 bridgehead atoms. The van der Waals surface area contributed by atoms with Crippen LogP contribution < -0.4 is 5.32 Å². The van der Waals surface area contributed by atoms with E-state index in [1.54, 1.807) is 6.20 Å². The van der Waals surface area contributed by atoms with Gasteiger partial charge in [-0.15, -0.1) is 0 Å². The Morgan fingerprint density at radius 3 is 3.10 bits per heavy atom. The van der Waals surface area contributed by atoms with E-state index in [1.165, 1.54) is 37.1 Å². The van der Waals surface area contributed by atoms with Crippen molar-refractivity contribution in [3.63, 3.8) is 0 Å². The summed E-state index contributed by atoms with van der Waals surface area (Å²) in [5.41, 5.74) is 3.41. The highest BCUT2D eigenvalue weighted by molar-refractivity contribution is 5.64. The van der Waals surface area contributed by atoms with E-state index < -0.39 is 0 Å². The summed E-state index contributed by atoms with van der Waals surface area (Å²) in [5.74, 6) is 0. The molecule has 1 aliphatic heterocycles. The molecule has 1 aromatic heterocycles. The van der Waals surface area contributed by atoms with Gasteiger partial charge in [0.2, 0.25) is 0 Å². The Bertz CT molecular complexity index is 535. The average molecular weight is 270 g/mol. The molecule has 20 heavy (non-hydrogen) atoms. The minimum absolute atomic E-state index is 0.652. The fourth-order valence-corrected chi connectivity index (χ4v) is 2.85. The fourth-order valence-electron chi connectivity index (χ4n) is 2.85. The molecule has 3 rings (SSSR count). The molecule has 0 aliphatic carbocycles. The number of piperidine rings is 1. The molecule has 4 heteroatoms. The molecule has 0 spiro atoms. The van der Waals surface area contributed by atoms with Crippen LogP contribution in [0.2, 0.25) is 0 Å².